The van der Waals surface area contributed by atoms with Crippen molar-refractivity contribution < 1.29 is 0 Å². The molecule has 2 heterocycles. The van der Waals surface area contributed by atoms with Gasteiger partial charge in [-0.15, -0.1) is 0 Å². The van der Waals surface area contributed by atoms with E-state index in [-0.39, 0.29) is 0 Å². The van der Waals surface area contributed by atoms with Gasteiger partial charge in [0.15, 0.2) is 5.82 Å². The summed E-state index contributed by atoms with van der Waals surface area (Å²) in [6, 6.07) is 58.5. The van der Waals surface area contributed by atoms with Crippen LogP contribution in [-0.2, 0) is 6.42 Å². The Bertz CT molecular complexity index is 2870. The van der Waals surface area contributed by atoms with Gasteiger partial charge in [-0.25, -0.2) is 9.97 Å². The number of aryl methyl sites for hydroxylation is 1. The number of nitrogens with zero attached hydrogens (tertiary/aromatic N) is 3. The SMILES string of the molecule is C1=Cc2c(cccc2-c2cccc(-c3cc(-c4ccc(-c5cccnc5)cc4)nc(-c4cccc(-c5cc6ccccc6c6ccccc56)c4)n3)c2)CC1. The molecule has 0 radical (unpaired) electrons. The summed E-state index contributed by atoms with van der Waals surface area (Å²) in [6.45, 7) is 0. The van der Waals surface area contributed by atoms with Crippen molar-refractivity contribution in [3.63, 3.8) is 0 Å². The van der Waals surface area contributed by atoms with Gasteiger partial charge >= 0.3 is 0 Å². The molecule has 0 spiro atoms. The fraction of sp³-hybridized carbons (Fsp3) is 0.0392. The van der Waals surface area contributed by atoms with Gasteiger partial charge in [-0.05, 0) is 109 Å². The minimum absolute atomic E-state index is 0.691. The predicted octanol–water partition coefficient (Wildman–Crippen LogP) is 13.1. The number of fused-ring (bicyclic) bond motifs is 4. The second kappa shape index (κ2) is 13.5. The number of rotatable bonds is 6. The van der Waals surface area contributed by atoms with Crippen molar-refractivity contribution in [3.8, 4) is 67.3 Å². The third-order valence-corrected chi connectivity index (χ3v) is 10.6. The molecular formula is C51H35N3. The van der Waals surface area contributed by atoms with Gasteiger partial charge in [0.1, 0.15) is 0 Å². The largest absolute Gasteiger partial charge is 0.264 e. The van der Waals surface area contributed by atoms with Crippen molar-refractivity contribution >= 4 is 27.6 Å². The Balaban J connectivity index is 1.12. The lowest BCUT2D eigenvalue weighted by Crippen LogP contribution is -1.98. The molecular weight excluding hydrogens is 655 g/mol. The van der Waals surface area contributed by atoms with Gasteiger partial charge in [-0.1, -0.05) is 146 Å². The molecule has 254 valence electrons. The van der Waals surface area contributed by atoms with Gasteiger partial charge in [0.05, 0.1) is 11.4 Å². The molecule has 10 rings (SSSR count). The molecule has 0 atom stereocenters. The van der Waals surface area contributed by atoms with Crippen LogP contribution in [0, 0.1) is 0 Å². The van der Waals surface area contributed by atoms with Crippen molar-refractivity contribution in [2.24, 2.45) is 0 Å². The monoisotopic (exact) mass is 689 g/mol. The summed E-state index contributed by atoms with van der Waals surface area (Å²) in [4.78, 5) is 14.9. The van der Waals surface area contributed by atoms with Crippen molar-refractivity contribution in [1.29, 1.82) is 0 Å². The van der Waals surface area contributed by atoms with E-state index in [2.05, 4.69) is 175 Å². The zero-order valence-electron chi connectivity index (χ0n) is 29.7. The van der Waals surface area contributed by atoms with Gasteiger partial charge in [-0.2, -0.15) is 0 Å². The third kappa shape index (κ3) is 5.86. The first kappa shape index (κ1) is 31.7. The number of aromatic nitrogens is 3. The molecule has 3 heteroatoms. The summed E-state index contributed by atoms with van der Waals surface area (Å²) in [7, 11) is 0. The zero-order valence-corrected chi connectivity index (χ0v) is 29.7. The Kier molecular flexibility index (Phi) is 7.96. The molecule has 0 bridgehead atoms. The molecule has 7 aromatic carbocycles. The summed E-state index contributed by atoms with van der Waals surface area (Å²) in [5, 5.41) is 4.97. The second-order valence-electron chi connectivity index (χ2n) is 14.0. The summed E-state index contributed by atoms with van der Waals surface area (Å²) >= 11 is 0. The van der Waals surface area contributed by atoms with Gasteiger partial charge in [0.25, 0.3) is 0 Å². The number of benzene rings is 7. The Morgan fingerprint density at radius 3 is 1.93 bits per heavy atom. The molecule has 0 amide bonds. The van der Waals surface area contributed by atoms with Gasteiger partial charge in [0, 0.05) is 29.1 Å². The van der Waals surface area contributed by atoms with Crippen molar-refractivity contribution in [2.75, 3.05) is 0 Å². The van der Waals surface area contributed by atoms with E-state index in [1.165, 1.54) is 49.4 Å². The molecule has 0 fully saturated rings. The van der Waals surface area contributed by atoms with Crippen LogP contribution in [0.3, 0.4) is 0 Å². The van der Waals surface area contributed by atoms with Crippen LogP contribution < -0.4 is 0 Å². The maximum atomic E-state index is 5.30. The van der Waals surface area contributed by atoms with E-state index in [4.69, 9.17) is 9.97 Å². The van der Waals surface area contributed by atoms with E-state index in [0.717, 1.165) is 57.6 Å². The molecule has 54 heavy (non-hydrogen) atoms. The highest BCUT2D eigenvalue weighted by Crippen LogP contribution is 2.38. The fourth-order valence-electron chi connectivity index (χ4n) is 7.92. The molecule has 9 aromatic rings. The molecule has 0 saturated carbocycles. The van der Waals surface area contributed by atoms with Gasteiger partial charge < -0.3 is 0 Å². The topological polar surface area (TPSA) is 38.7 Å². The van der Waals surface area contributed by atoms with Gasteiger partial charge in [-0.3, -0.25) is 4.98 Å². The van der Waals surface area contributed by atoms with E-state index in [1.807, 2.05) is 12.3 Å². The summed E-state index contributed by atoms with van der Waals surface area (Å²) in [5.41, 5.74) is 14.5. The van der Waals surface area contributed by atoms with Crippen LogP contribution >= 0.6 is 0 Å². The normalized spacial score (nSPS) is 12.2. The standard InChI is InChI=1S/C51H35N3/c1-3-19-43-35(11-1)13-9-23-44(43)37-14-7-16-40(29-37)50-32-49(36-26-24-34(25-27-36)42-18-10-28-52-33-42)53-51(54-50)41-17-8-15-38(30-41)48-31-39-12-2-4-20-45(39)46-21-5-6-22-47(46)48/h2-10,12-33H,1,11H2. The number of hydrogen-bond donors (Lipinski definition) is 0. The van der Waals surface area contributed by atoms with E-state index in [1.54, 1.807) is 6.20 Å². The van der Waals surface area contributed by atoms with Crippen LogP contribution in [0.15, 0.2) is 182 Å². The third-order valence-electron chi connectivity index (χ3n) is 10.6. The Morgan fingerprint density at radius 1 is 0.426 bits per heavy atom. The van der Waals surface area contributed by atoms with Crippen molar-refractivity contribution in [2.45, 2.75) is 12.8 Å². The van der Waals surface area contributed by atoms with Gasteiger partial charge in [0.2, 0.25) is 0 Å². The average Bonchev–Trinajstić information content (AvgIpc) is 3.26. The van der Waals surface area contributed by atoms with E-state index in [9.17, 15) is 0 Å². The number of hydrogen-bond acceptors (Lipinski definition) is 3. The first-order valence-corrected chi connectivity index (χ1v) is 18.6. The first-order valence-electron chi connectivity index (χ1n) is 18.6. The molecule has 0 unspecified atom stereocenters. The lowest BCUT2D eigenvalue weighted by molar-refractivity contribution is 0.986. The van der Waals surface area contributed by atoms with Crippen LogP contribution in [0.1, 0.15) is 17.5 Å². The maximum absolute atomic E-state index is 5.30. The van der Waals surface area contributed by atoms with Crippen molar-refractivity contribution in [3.05, 3.63) is 193 Å². The van der Waals surface area contributed by atoms with Crippen LogP contribution in [0.2, 0.25) is 0 Å². The second-order valence-corrected chi connectivity index (χ2v) is 14.0. The zero-order chi connectivity index (χ0) is 35.8. The molecule has 3 nitrogen and oxygen atoms in total. The fourth-order valence-corrected chi connectivity index (χ4v) is 7.92. The Morgan fingerprint density at radius 2 is 1.09 bits per heavy atom. The first-order chi connectivity index (χ1) is 26.7. The molecule has 0 saturated heterocycles. The number of pyridine rings is 1. The van der Waals surface area contributed by atoms with Crippen molar-refractivity contribution in [1.82, 2.24) is 15.0 Å². The van der Waals surface area contributed by atoms with Crippen LogP contribution in [0.5, 0.6) is 0 Å². The maximum Gasteiger partial charge on any atom is 0.160 e. The quantitative estimate of drug-likeness (QED) is 0.163. The van der Waals surface area contributed by atoms with Crippen LogP contribution in [0.4, 0.5) is 0 Å². The molecule has 0 aliphatic heterocycles. The summed E-state index contributed by atoms with van der Waals surface area (Å²) in [6.07, 6.45) is 10.4. The van der Waals surface area contributed by atoms with Crippen LogP contribution in [0.25, 0.3) is 94.9 Å². The Labute approximate surface area is 315 Å². The molecule has 2 aromatic heterocycles. The van der Waals surface area contributed by atoms with E-state index in [0.29, 0.717) is 5.82 Å². The summed E-state index contributed by atoms with van der Waals surface area (Å²) < 4.78 is 0. The Hall–Kier alpha value is -6.97. The van der Waals surface area contributed by atoms with E-state index < -0.39 is 0 Å². The predicted molar refractivity (Wildman–Crippen MR) is 225 cm³/mol. The molecule has 0 N–H and O–H groups in total. The minimum atomic E-state index is 0.691. The smallest absolute Gasteiger partial charge is 0.160 e. The summed E-state index contributed by atoms with van der Waals surface area (Å²) in [5.74, 6) is 0.691. The highest BCUT2D eigenvalue weighted by atomic mass is 14.9. The lowest BCUT2D eigenvalue weighted by Gasteiger charge is -2.16. The highest BCUT2D eigenvalue weighted by molar-refractivity contribution is 6.13. The van der Waals surface area contributed by atoms with Crippen LogP contribution in [-0.4, -0.2) is 15.0 Å². The lowest BCUT2D eigenvalue weighted by atomic mass is 9.89. The average molecular weight is 690 g/mol. The highest BCUT2D eigenvalue weighted by Gasteiger charge is 2.16. The molecule has 1 aliphatic carbocycles. The number of allylic oxidation sites excluding steroid dienone is 1. The van der Waals surface area contributed by atoms with E-state index >= 15 is 0 Å². The minimum Gasteiger partial charge on any atom is -0.264 e. The molecule has 1 aliphatic rings.